The average Bonchev–Trinajstić information content (AvgIpc) is 2.96. The van der Waals surface area contributed by atoms with Crippen LogP contribution in [0.3, 0.4) is 0 Å². The number of benzene rings is 2. The summed E-state index contributed by atoms with van der Waals surface area (Å²) in [5, 5.41) is 4.66. The predicted molar refractivity (Wildman–Crippen MR) is 111 cm³/mol. The fourth-order valence-corrected chi connectivity index (χ4v) is 3.32. The van der Waals surface area contributed by atoms with Crippen LogP contribution in [0.5, 0.6) is 5.75 Å². The Bertz CT molecular complexity index is 957. The topological polar surface area (TPSA) is 47.4 Å². The zero-order valence-electron chi connectivity index (χ0n) is 17.2. The number of amides is 1. The Balaban J connectivity index is 1.70. The van der Waals surface area contributed by atoms with Gasteiger partial charge in [0.2, 0.25) is 0 Å². The van der Waals surface area contributed by atoms with Crippen LogP contribution in [0.2, 0.25) is 0 Å². The summed E-state index contributed by atoms with van der Waals surface area (Å²) in [5.41, 5.74) is 6.11. The molecule has 0 spiro atoms. The zero-order valence-corrected chi connectivity index (χ0v) is 17.2. The maximum Gasteiger partial charge on any atom is 0.260 e. The van der Waals surface area contributed by atoms with Crippen molar-refractivity contribution in [3.63, 3.8) is 0 Å². The highest BCUT2D eigenvalue weighted by atomic mass is 16.5. The predicted octanol–water partition coefficient (Wildman–Crippen LogP) is 4.14. The maximum absolute atomic E-state index is 12.6. The molecule has 1 amide bonds. The number of carbonyl (C=O) groups excluding carboxylic acids is 1. The number of hydrogen-bond acceptors (Lipinski definition) is 3. The SMILES string of the molecule is Cc1cccc(C)c1OCC(=O)N(C)Cc1c(C)nn(-c2ccccc2)c1C. The fraction of sp³-hybridized carbons (Fsp3) is 0.304. The first-order valence-corrected chi connectivity index (χ1v) is 9.42. The van der Waals surface area contributed by atoms with E-state index in [2.05, 4.69) is 5.10 Å². The molecule has 1 heterocycles. The van der Waals surface area contributed by atoms with Gasteiger partial charge < -0.3 is 9.64 Å². The normalized spacial score (nSPS) is 10.8. The maximum atomic E-state index is 12.6. The van der Waals surface area contributed by atoms with Gasteiger partial charge in [-0.3, -0.25) is 4.79 Å². The molecule has 146 valence electrons. The molecule has 0 atom stereocenters. The van der Waals surface area contributed by atoms with E-state index >= 15 is 0 Å². The van der Waals surface area contributed by atoms with E-state index in [1.807, 2.05) is 80.9 Å². The largest absolute Gasteiger partial charge is 0.483 e. The first-order chi connectivity index (χ1) is 13.4. The zero-order chi connectivity index (χ0) is 20.3. The number of aromatic nitrogens is 2. The molecular weight excluding hydrogens is 350 g/mol. The Kier molecular flexibility index (Phi) is 5.83. The first kappa shape index (κ1) is 19.7. The lowest BCUT2D eigenvalue weighted by atomic mass is 10.1. The lowest BCUT2D eigenvalue weighted by molar-refractivity contribution is -0.132. The number of aryl methyl sites for hydroxylation is 3. The van der Waals surface area contributed by atoms with Crippen LogP contribution in [0.25, 0.3) is 5.69 Å². The van der Waals surface area contributed by atoms with Gasteiger partial charge in [-0.1, -0.05) is 36.4 Å². The van der Waals surface area contributed by atoms with Crippen LogP contribution in [-0.2, 0) is 11.3 Å². The highest BCUT2D eigenvalue weighted by Gasteiger charge is 2.18. The standard InChI is InChI=1S/C23H27N3O2/c1-16-10-9-11-17(2)23(16)28-15-22(27)25(5)14-21-18(3)24-26(19(21)4)20-12-7-6-8-13-20/h6-13H,14-15H2,1-5H3. The van der Waals surface area contributed by atoms with Gasteiger partial charge in [0.25, 0.3) is 5.91 Å². The molecule has 0 saturated heterocycles. The molecule has 0 saturated carbocycles. The van der Waals surface area contributed by atoms with Crippen molar-refractivity contribution in [2.75, 3.05) is 13.7 Å². The van der Waals surface area contributed by atoms with Crippen molar-refractivity contribution in [2.45, 2.75) is 34.2 Å². The molecule has 0 N–H and O–H groups in total. The van der Waals surface area contributed by atoms with E-state index in [1.54, 1.807) is 11.9 Å². The summed E-state index contributed by atoms with van der Waals surface area (Å²) < 4.78 is 7.74. The summed E-state index contributed by atoms with van der Waals surface area (Å²) in [6, 6.07) is 16.0. The van der Waals surface area contributed by atoms with Crippen molar-refractivity contribution in [2.24, 2.45) is 0 Å². The summed E-state index contributed by atoms with van der Waals surface area (Å²) in [4.78, 5) is 14.3. The number of likely N-dealkylation sites (N-methyl/N-ethyl adjacent to an activating group) is 1. The molecule has 0 unspecified atom stereocenters. The second-order valence-corrected chi connectivity index (χ2v) is 7.16. The number of para-hydroxylation sites is 2. The Hall–Kier alpha value is -3.08. The van der Waals surface area contributed by atoms with Crippen molar-refractivity contribution in [3.05, 3.63) is 76.6 Å². The van der Waals surface area contributed by atoms with Crippen molar-refractivity contribution in [1.29, 1.82) is 0 Å². The van der Waals surface area contributed by atoms with Crippen LogP contribution in [0.1, 0.15) is 28.1 Å². The van der Waals surface area contributed by atoms with E-state index < -0.39 is 0 Å². The molecule has 5 heteroatoms. The molecule has 0 fully saturated rings. The second kappa shape index (κ2) is 8.30. The van der Waals surface area contributed by atoms with Crippen LogP contribution in [0.15, 0.2) is 48.5 Å². The van der Waals surface area contributed by atoms with Crippen LogP contribution in [0, 0.1) is 27.7 Å². The van der Waals surface area contributed by atoms with Crippen LogP contribution >= 0.6 is 0 Å². The average molecular weight is 377 g/mol. The Morgan fingerprint density at radius 1 is 1.00 bits per heavy atom. The minimum absolute atomic E-state index is 0.0209. The molecule has 3 rings (SSSR count). The number of ether oxygens (including phenoxy) is 1. The van der Waals surface area contributed by atoms with Gasteiger partial charge in [0.05, 0.1) is 11.4 Å². The molecule has 0 aliphatic heterocycles. The highest BCUT2D eigenvalue weighted by Crippen LogP contribution is 2.23. The van der Waals surface area contributed by atoms with Gasteiger partial charge in [-0.2, -0.15) is 5.10 Å². The van der Waals surface area contributed by atoms with E-state index in [0.717, 1.165) is 39.5 Å². The van der Waals surface area contributed by atoms with Crippen molar-refractivity contribution in [1.82, 2.24) is 14.7 Å². The lowest BCUT2D eigenvalue weighted by Crippen LogP contribution is -2.31. The van der Waals surface area contributed by atoms with Crippen LogP contribution in [-0.4, -0.2) is 34.2 Å². The number of hydrogen-bond donors (Lipinski definition) is 0. The third kappa shape index (κ3) is 4.09. The van der Waals surface area contributed by atoms with E-state index in [9.17, 15) is 4.79 Å². The summed E-state index contributed by atoms with van der Waals surface area (Å²) in [5.74, 6) is 0.724. The monoisotopic (exact) mass is 377 g/mol. The van der Waals surface area contributed by atoms with Gasteiger partial charge in [-0.05, 0) is 51.0 Å². The molecule has 2 aromatic carbocycles. The minimum atomic E-state index is -0.0612. The molecule has 3 aromatic rings. The Morgan fingerprint density at radius 2 is 1.64 bits per heavy atom. The van der Waals surface area contributed by atoms with Gasteiger partial charge in [0.1, 0.15) is 5.75 Å². The second-order valence-electron chi connectivity index (χ2n) is 7.16. The van der Waals surface area contributed by atoms with E-state index in [-0.39, 0.29) is 12.5 Å². The van der Waals surface area contributed by atoms with Crippen molar-refractivity contribution in [3.8, 4) is 11.4 Å². The summed E-state index contributed by atoms with van der Waals surface area (Å²) in [7, 11) is 1.80. The third-order valence-electron chi connectivity index (χ3n) is 5.01. The lowest BCUT2D eigenvalue weighted by Gasteiger charge is -2.19. The van der Waals surface area contributed by atoms with Crippen molar-refractivity contribution < 1.29 is 9.53 Å². The van der Waals surface area contributed by atoms with Gasteiger partial charge >= 0.3 is 0 Å². The molecule has 0 bridgehead atoms. The molecule has 0 radical (unpaired) electrons. The Morgan fingerprint density at radius 3 is 2.29 bits per heavy atom. The van der Waals surface area contributed by atoms with Crippen molar-refractivity contribution >= 4 is 5.91 Å². The number of nitrogens with zero attached hydrogens (tertiary/aromatic N) is 3. The van der Waals surface area contributed by atoms with E-state index in [1.165, 1.54) is 0 Å². The molecule has 5 nitrogen and oxygen atoms in total. The van der Waals surface area contributed by atoms with Crippen LogP contribution < -0.4 is 4.74 Å². The molecule has 28 heavy (non-hydrogen) atoms. The molecular formula is C23H27N3O2. The van der Waals surface area contributed by atoms with E-state index in [4.69, 9.17) is 4.74 Å². The smallest absolute Gasteiger partial charge is 0.260 e. The first-order valence-electron chi connectivity index (χ1n) is 9.42. The van der Waals surface area contributed by atoms with Crippen LogP contribution in [0.4, 0.5) is 0 Å². The summed E-state index contributed by atoms with van der Waals surface area (Å²) in [6.07, 6.45) is 0. The summed E-state index contributed by atoms with van der Waals surface area (Å²) >= 11 is 0. The van der Waals surface area contributed by atoms with E-state index in [0.29, 0.717) is 6.54 Å². The molecule has 0 aliphatic carbocycles. The number of carbonyl (C=O) groups is 1. The molecule has 0 aliphatic rings. The minimum Gasteiger partial charge on any atom is -0.483 e. The fourth-order valence-electron chi connectivity index (χ4n) is 3.32. The quantitative estimate of drug-likeness (QED) is 0.648. The third-order valence-corrected chi connectivity index (χ3v) is 5.01. The molecule has 1 aromatic heterocycles. The van der Waals surface area contributed by atoms with Gasteiger partial charge in [0.15, 0.2) is 6.61 Å². The van der Waals surface area contributed by atoms with Gasteiger partial charge in [0, 0.05) is 24.8 Å². The van der Waals surface area contributed by atoms with Gasteiger partial charge in [-0.25, -0.2) is 4.68 Å². The Labute approximate surface area is 166 Å². The summed E-state index contributed by atoms with van der Waals surface area (Å²) in [6.45, 7) is 8.51. The highest BCUT2D eigenvalue weighted by molar-refractivity contribution is 5.77. The van der Waals surface area contributed by atoms with Gasteiger partial charge in [-0.15, -0.1) is 0 Å². The number of rotatable bonds is 6.